The molecule has 1 heterocycles. The Bertz CT molecular complexity index is 1110. The fourth-order valence-electron chi connectivity index (χ4n) is 3.74. The van der Waals surface area contributed by atoms with Crippen molar-refractivity contribution in [2.24, 2.45) is 0 Å². The number of halogens is 5. The highest BCUT2D eigenvalue weighted by atomic mass is 19.3. The van der Waals surface area contributed by atoms with Gasteiger partial charge in [0, 0.05) is 11.1 Å². The average Bonchev–Trinajstić information content (AvgIpc) is 3.56. The molecule has 1 saturated heterocycles. The van der Waals surface area contributed by atoms with Gasteiger partial charge in [0.2, 0.25) is 0 Å². The van der Waals surface area contributed by atoms with Crippen LogP contribution in [0.4, 0.5) is 22.0 Å². The minimum Gasteiger partial charge on any atom is -0.429 e. The molecular formula is C25H21F5O2. The largest absolute Gasteiger partial charge is 0.429 e. The van der Waals surface area contributed by atoms with Crippen molar-refractivity contribution in [2.75, 3.05) is 6.61 Å². The smallest absolute Gasteiger partial charge is 0.429 e. The topological polar surface area (TPSA) is 21.8 Å². The number of rotatable bonds is 7. The molecule has 4 rings (SSSR count). The van der Waals surface area contributed by atoms with Crippen molar-refractivity contribution in [3.8, 4) is 16.9 Å². The second-order valence-electron chi connectivity index (χ2n) is 7.82. The van der Waals surface area contributed by atoms with Crippen LogP contribution in [0.5, 0.6) is 5.75 Å². The van der Waals surface area contributed by atoms with Crippen molar-refractivity contribution in [1.29, 1.82) is 0 Å². The van der Waals surface area contributed by atoms with Crippen LogP contribution in [-0.4, -0.2) is 6.61 Å². The lowest BCUT2D eigenvalue weighted by Crippen LogP contribution is -2.25. The van der Waals surface area contributed by atoms with E-state index in [-0.39, 0.29) is 28.0 Å². The zero-order chi connectivity index (χ0) is 23.0. The first-order valence-electron chi connectivity index (χ1n) is 10.3. The van der Waals surface area contributed by atoms with Crippen molar-refractivity contribution in [3.05, 3.63) is 88.2 Å². The summed E-state index contributed by atoms with van der Waals surface area (Å²) in [6, 6.07) is 10.7. The molecule has 3 aromatic rings. The van der Waals surface area contributed by atoms with E-state index in [2.05, 4.69) is 0 Å². The minimum atomic E-state index is -3.96. The fourth-order valence-corrected chi connectivity index (χ4v) is 3.74. The monoisotopic (exact) mass is 448 g/mol. The van der Waals surface area contributed by atoms with Gasteiger partial charge in [-0.25, -0.2) is 13.2 Å². The molecule has 1 atom stereocenters. The molecule has 7 heteroatoms. The van der Waals surface area contributed by atoms with Crippen molar-refractivity contribution in [2.45, 2.75) is 38.9 Å². The number of aryl methyl sites for hydroxylation is 2. The number of ether oxygens (including phenoxy) is 2. The molecule has 3 aromatic carbocycles. The summed E-state index contributed by atoms with van der Waals surface area (Å²) in [7, 11) is 0. The molecule has 1 aliphatic heterocycles. The summed E-state index contributed by atoms with van der Waals surface area (Å²) < 4.78 is 83.2. The summed E-state index contributed by atoms with van der Waals surface area (Å²) in [6.45, 7) is 3.57. The van der Waals surface area contributed by atoms with Gasteiger partial charge in [0.25, 0.3) is 0 Å². The highest BCUT2D eigenvalue weighted by molar-refractivity contribution is 5.67. The van der Waals surface area contributed by atoms with Gasteiger partial charge in [-0.1, -0.05) is 43.7 Å². The van der Waals surface area contributed by atoms with Gasteiger partial charge in [-0.3, -0.25) is 0 Å². The predicted molar refractivity (Wildman–Crippen MR) is 110 cm³/mol. The lowest BCUT2D eigenvalue weighted by molar-refractivity contribution is -0.187. The molecule has 0 spiro atoms. The van der Waals surface area contributed by atoms with Gasteiger partial charge in [-0.15, -0.1) is 0 Å². The highest BCUT2D eigenvalue weighted by Crippen LogP contribution is 2.39. The molecule has 1 aliphatic rings. The summed E-state index contributed by atoms with van der Waals surface area (Å²) >= 11 is 0. The zero-order valence-electron chi connectivity index (χ0n) is 17.5. The maximum atomic E-state index is 14.8. The molecule has 0 aliphatic carbocycles. The summed E-state index contributed by atoms with van der Waals surface area (Å²) in [4.78, 5) is 0. The second-order valence-corrected chi connectivity index (χ2v) is 7.82. The van der Waals surface area contributed by atoms with E-state index in [0.717, 1.165) is 24.5 Å². The number of alkyl halides is 2. The Kier molecular flexibility index (Phi) is 5.95. The first kappa shape index (κ1) is 22.3. The molecule has 168 valence electrons. The first-order chi connectivity index (χ1) is 15.2. The van der Waals surface area contributed by atoms with Crippen LogP contribution in [0.1, 0.15) is 41.7 Å². The second kappa shape index (κ2) is 8.54. The molecular weight excluding hydrogens is 427 g/mol. The number of hydrogen-bond donors (Lipinski definition) is 0. The van der Waals surface area contributed by atoms with Crippen molar-refractivity contribution in [3.63, 3.8) is 0 Å². The van der Waals surface area contributed by atoms with E-state index in [4.69, 9.17) is 9.47 Å². The summed E-state index contributed by atoms with van der Waals surface area (Å²) in [5, 5.41) is 0. The van der Waals surface area contributed by atoms with Crippen LogP contribution in [0.2, 0.25) is 0 Å². The lowest BCUT2D eigenvalue weighted by atomic mass is 9.96. The standard InChI is InChI=1S/C25H21F5O2/c1-3-4-15-5-7-17(8-6-15)32-25(29,30)22-14(2)11-16(12-20(22)26)18-9-10-19(21-13-31-21)24(28)23(18)27/h5-12,21H,3-4,13H2,1-2H3. The van der Waals surface area contributed by atoms with E-state index in [1.54, 1.807) is 12.1 Å². The first-order valence-corrected chi connectivity index (χ1v) is 10.3. The van der Waals surface area contributed by atoms with Crippen LogP contribution in [0.25, 0.3) is 11.1 Å². The Balaban J connectivity index is 1.64. The number of hydrogen-bond acceptors (Lipinski definition) is 2. The average molecular weight is 448 g/mol. The summed E-state index contributed by atoms with van der Waals surface area (Å²) in [5.74, 6) is -3.65. The van der Waals surface area contributed by atoms with Gasteiger partial charge >= 0.3 is 6.11 Å². The van der Waals surface area contributed by atoms with Gasteiger partial charge in [-0.2, -0.15) is 8.78 Å². The van der Waals surface area contributed by atoms with E-state index in [0.29, 0.717) is 6.61 Å². The number of benzene rings is 3. The van der Waals surface area contributed by atoms with Gasteiger partial charge < -0.3 is 9.47 Å². The maximum absolute atomic E-state index is 14.8. The molecule has 32 heavy (non-hydrogen) atoms. The SMILES string of the molecule is CCCc1ccc(OC(F)(F)c2c(C)cc(-c3ccc(C4CO4)c(F)c3F)cc2F)cc1. The summed E-state index contributed by atoms with van der Waals surface area (Å²) in [6.07, 6.45) is -2.74. The molecule has 0 bridgehead atoms. The third-order valence-electron chi connectivity index (χ3n) is 5.39. The van der Waals surface area contributed by atoms with Crippen LogP contribution in [0, 0.1) is 24.4 Å². The normalized spacial score (nSPS) is 15.7. The molecule has 1 fully saturated rings. The lowest BCUT2D eigenvalue weighted by Gasteiger charge is -2.21. The van der Waals surface area contributed by atoms with Crippen molar-refractivity contribution >= 4 is 0 Å². The Morgan fingerprint density at radius 3 is 2.28 bits per heavy atom. The van der Waals surface area contributed by atoms with E-state index in [9.17, 15) is 22.0 Å². The molecule has 2 nitrogen and oxygen atoms in total. The van der Waals surface area contributed by atoms with Crippen molar-refractivity contribution in [1.82, 2.24) is 0 Å². The maximum Gasteiger partial charge on any atom is 0.429 e. The van der Waals surface area contributed by atoms with E-state index >= 15 is 0 Å². The zero-order valence-corrected chi connectivity index (χ0v) is 17.5. The molecule has 0 amide bonds. The Hall–Kier alpha value is -2.93. The van der Waals surface area contributed by atoms with Crippen molar-refractivity contribution < 1.29 is 31.4 Å². The van der Waals surface area contributed by atoms with E-state index in [1.165, 1.54) is 37.3 Å². The molecule has 0 N–H and O–H groups in total. The van der Waals surface area contributed by atoms with Crippen LogP contribution >= 0.6 is 0 Å². The predicted octanol–water partition coefficient (Wildman–Crippen LogP) is 7.23. The van der Waals surface area contributed by atoms with Gasteiger partial charge in [0.05, 0.1) is 6.61 Å². The molecule has 0 saturated carbocycles. The Labute approximate surface area is 182 Å². The number of epoxide rings is 1. The quantitative estimate of drug-likeness (QED) is 0.281. The fraction of sp³-hybridized carbons (Fsp3) is 0.280. The minimum absolute atomic E-state index is 0.0527. The highest BCUT2D eigenvalue weighted by Gasteiger charge is 2.40. The third-order valence-corrected chi connectivity index (χ3v) is 5.39. The van der Waals surface area contributed by atoms with Crippen LogP contribution in [0.3, 0.4) is 0 Å². The van der Waals surface area contributed by atoms with E-state index in [1.807, 2.05) is 6.92 Å². The third kappa shape index (κ3) is 4.35. The Morgan fingerprint density at radius 2 is 1.69 bits per heavy atom. The van der Waals surface area contributed by atoms with Gasteiger partial charge in [-0.05, 0) is 48.2 Å². The summed E-state index contributed by atoms with van der Waals surface area (Å²) in [5.41, 5.74) is -0.336. The van der Waals surface area contributed by atoms with E-state index < -0.39 is 35.2 Å². The van der Waals surface area contributed by atoms with Crippen LogP contribution < -0.4 is 4.74 Å². The van der Waals surface area contributed by atoms with Gasteiger partial charge in [0.15, 0.2) is 11.6 Å². The Morgan fingerprint density at radius 1 is 1.00 bits per heavy atom. The molecule has 1 unspecified atom stereocenters. The molecule has 0 aromatic heterocycles. The van der Waals surface area contributed by atoms with Crippen LogP contribution in [0.15, 0.2) is 48.5 Å². The van der Waals surface area contributed by atoms with Crippen LogP contribution in [-0.2, 0) is 17.3 Å². The van der Waals surface area contributed by atoms with Gasteiger partial charge in [0.1, 0.15) is 23.2 Å². The molecule has 0 radical (unpaired) electrons.